The van der Waals surface area contributed by atoms with Crippen molar-refractivity contribution >= 4 is 23.3 Å². The van der Waals surface area contributed by atoms with Crippen molar-refractivity contribution in [2.24, 2.45) is 0 Å². The molecule has 3 rings (SSSR count). The topological polar surface area (TPSA) is 126 Å². The summed E-state index contributed by atoms with van der Waals surface area (Å²) in [5.74, 6) is 0.445. The monoisotopic (exact) mass is 648 g/mol. The van der Waals surface area contributed by atoms with Gasteiger partial charge in [0.15, 0.2) is 0 Å². The summed E-state index contributed by atoms with van der Waals surface area (Å²) in [7, 11) is 11.8. The van der Waals surface area contributed by atoms with Crippen molar-refractivity contribution in [3.63, 3.8) is 0 Å². The molecule has 0 aliphatic carbocycles. The van der Waals surface area contributed by atoms with Gasteiger partial charge < -0.3 is 47.4 Å². The zero-order valence-electron chi connectivity index (χ0n) is 26.9. The summed E-state index contributed by atoms with van der Waals surface area (Å²) >= 11 is 1.40. The van der Waals surface area contributed by atoms with Gasteiger partial charge in [0.05, 0.1) is 105 Å². The van der Waals surface area contributed by atoms with Crippen LogP contribution in [0.4, 0.5) is 0 Å². The van der Waals surface area contributed by atoms with Crippen LogP contribution in [0.5, 0.6) is 23.0 Å². The molecule has 13 heteroatoms. The number of rotatable bonds is 18. The van der Waals surface area contributed by atoms with Crippen LogP contribution < -0.4 is 18.9 Å². The average molecular weight is 649 g/mol. The molecule has 0 aliphatic rings. The molecule has 12 nitrogen and oxygen atoms in total. The highest BCUT2D eigenvalue weighted by Crippen LogP contribution is 2.53. The normalized spacial score (nSPS) is 10.8. The number of carbonyl (C=O) groups is 2. The van der Waals surface area contributed by atoms with E-state index in [0.717, 1.165) is 20.9 Å². The Hall–Kier alpha value is -3.88. The Morgan fingerprint density at radius 1 is 0.533 bits per heavy atom. The third-order valence-electron chi connectivity index (χ3n) is 6.78. The van der Waals surface area contributed by atoms with Gasteiger partial charge in [0.25, 0.3) is 0 Å². The SMILES string of the molecule is COCCOCc1c(-c2c(OC)cc(C(=O)OC)cc2OC)sc(-c2c(OC)cc(C(=O)OC)cc2OC)c1COCCOC. The quantitative estimate of drug-likeness (QED) is 0.136. The van der Waals surface area contributed by atoms with Gasteiger partial charge in [0.1, 0.15) is 23.0 Å². The summed E-state index contributed by atoms with van der Waals surface area (Å²) in [5, 5.41) is 0. The molecule has 0 amide bonds. The second-order valence-electron chi connectivity index (χ2n) is 9.30. The van der Waals surface area contributed by atoms with Crippen molar-refractivity contribution in [3.05, 3.63) is 46.5 Å². The Morgan fingerprint density at radius 3 is 1.13 bits per heavy atom. The van der Waals surface area contributed by atoms with Crippen LogP contribution in [-0.2, 0) is 41.6 Å². The lowest BCUT2D eigenvalue weighted by molar-refractivity contribution is 0.0539. The minimum Gasteiger partial charge on any atom is -0.496 e. The van der Waals surface area contributed by atoms with Crippen molar-refractivity contribution in [2.75, 3.05) is 83.3 Å². The van der Waals surface area contributed by atoms with Crippen LogP contribution in [0.25, 0.3) is 20.9 Å². The van der Waals surface area contributed by atoms with Crippen LogP contribution in [0, 0.1) is 0 Å². The number of ether oxygens (including phenoxy) is 10. The molecule has 3 aromatic rings. The zero-order chi connectivity index (χ0) is 32.9. The summed E-state index contributed by atoms with van der Waals surface area (Å²) in [6, 6.07) is 6.39. The molecule has 45 heavy (non-hydrogen) atoms. The molecule has 0 N–H and O–H groups in total. The highest BCUT2D eigenvalue weighted by Gasteiger charge is 2.30. The van der Waals surface area contributed by atoms with E-state index in [2.05, 4.69) is 0 Å². The standard InChI is InChI=1S/C32H40O12S/c1-35-9-11-43-17-21-22(18-44-12-10-36-2)30(28-25(39-5)15-20(32(34)42-8)16-26(28)40-6)45-29(21)27-23(37-3)13-19(31(33)41-7)14-24(27)38-4/h13-16H,9-12,17-18H2,1-8H3. The Balaban J connectivity index is 2.43. The number of methoxy groups -OCH3 is 8. The van der Waals surface area contributed by atoms with Crippen LogP contribution in [0.3, 0.4) is 0 Å². The van der Waals surface area contributed by atoms with Gasteiger partial charge in [-0.05, 0) is 24.3 Å². The van der Waals surface area contributed by atoms with E-state index in [1.807, 2.05) is 0 Å². The first kappa shape index (κ1) is 35.6. The number of hydrogen-bond donors (Lipinski definition) is 0. The van der Waals surface area contributed by atoms with E-state index >= 15 is 0 Å². The van der Waals surface area contributed by atoms with E-state index in [0.29, 0.717) is 60.6 Å². The number of thiophene rings is 1. The highest BCUT2D eigenvalue weighted by molar-refractivity contribution is 7.19. The molecule has 0 saturated heterocycles. The van der Waals surface area contributed by atoms with E-state index in [1.165, 1.54) is 54.0 Å². The highest BCUT2D eigenvalue weighted by atomic mass is 32.1. The lowest BCUT2D eigenvalue weighted by atomic mass is 9.98. The average Bonchev–Trinajstić information content (AvgIpc) is 3.42. The number of benzene rings is 2. The molecular weight excluding hydrogens is 608 g/mol. The molecule has 1 aromatic heterocycles. The van der Waals surface area contributed by atoms with Crippen molar-refractivity contribution in [1.82, 2.24) is 0 Å². The van der Waals surface area contributed by atoms with Crippen LogP contribution in [0.15, 0.2) is 24.3 Å². The van der Waals surface area contributed by atoms with Crippen molar-refractivity contribution in [3.8, 4) is 43.9 Å². The van der Waals surface area contributed by atoms with Crippen LogP contribution in [0.2, 0.25) is 0 Å². The third kappa shape index (κ3) is 8.24. The summed E-state index contributed by atoms with van der Waals surface area (Å²) in [6.45, 7) is 1.80. The Bertz CT molecular complexity index is 1290. The van der Waals surface area contributed by atoms with E-state index in [-0.39, 0.29) is 24.3 Å². The van der Waals surface area contributed by atoms with Gasteiger partial charge in [0, 0.05) is 35.1 Å². The van der Waals surface area contributed by atoms with Crippen molar-refractivity contribution in [1.29, 1.82) is 0 Å². The van der Waals surface area contributed by atoms with Crippen LogP contribution >= 0.6 is 11.3 Å². The van der Waals surface area contributed by atoms with Gasteiger partial charge in [-0.15, -0.1) is 11.3 Å². The maximum atomic E-state index is 12.5. The minimum atomic E-state index is -0.541. The summed E-state index contributed by atoms with van der Waals surface area (Å²) < 4.78 is 55.6. The van der Waals surface area contributed by atoms with Crippen molar-refractivity contribution in [2.45, 2.75) is 13.2 Å². The lowest BCUT2D eigenvalue weighted by Gasteiger charge is -2.17. The van der Waals surface area contributed by atoms with Gasteiger partial charge in [-0.2, -0.15) is 0 Å². The Labute approximate surface area is 266 Å². The predicted octanol–water partition coefficient (Wildman–Crippen LogP) is 5.02. The molecule has 0 bridgehead atoms. The zero-order valence-corrected chi connectivity index (χ0v) is 27.7. The maximum Gasteiger partial charge on any atom is 0.338 e. The van der Waals surface area contributed by atoms with E-state index in [9.17, 15) is 9.59 Å². The van der Waals surface area contributed by atoms with E-state index < -0.39 is 11.9 Å². The van der Waals surface area contributed by atoms with Crippen molar-refractivity contribution < 1.29 is 57.0 Å². The molecule has 0 radical (unpaired) electrons. The Morgan fingerprint density at radius 2 is 0.867 bits per heavy atom. The van der Waals surface area contributed by atoms with Gasteiger partial charge in [-0.1, -0.05) is 0 Å². The third-order valence-corrected chi connectivity index (χ3v) is 8.09. The largest absolute Gasteiger partial charge is 0.496 e. The number of hydrogen-bond acceptors (Lipinski definition) is 13. The molecule has 1 heterocycles. The predicted molar refractivity (Wildman–Crippen MR) is 167 cm³/mol. The molecule has 0 fully saturated rings. The first-order valence-electron chi connectivity index (χ1n) is 13.8. The molecule has 0 unspecified atom stereocenters. The molecule has 246 valence electrons. The Kier molecular flexibility index (Phi) is 13.9. The van der Waals surface area contributed by atoms with E-state index in [1.54, 1.807) is 38.5 Å². The second-order valence-corrected chi connectivity index (χ2v) is 10.3. The molecular formula is C32H40O12S. The van der Waals surface area contributed by atoms with Crippen LogP contribution in [0.1, 0.15) is 31.8 Å². The fraction of sp³-hybridized carbons (Fsp3) is 0.438. The second kappa shape index (κ2) is 17.6. The molecule has 0 aliphatic heterocycles. The first-order chi connectivity index (χ1) is 21.8. The first-order valence-corrected chi connectivity index (χ1v) is 14.6. The van der Waals surface area contributed by atoms with Gasteiger partial charge in [0.2, 0.25) is 0 Å². The minimum absolute atomic E-state index is 0.175. The van der Waals surface area contributed by atoms with Gasteiger partial charge >= 0.3 is 11.9 Å². The van der Waals surface area contributed by atoms with Gasteiger partial charge in [-0.3, -0.25) is 0 Å². The molecule has 2 aromatic carbocycles. The molecule has 0 spiro atoms. The fourth-order valence-electron chi connectivity index (χ4n) is 4.58. The van der Waals surface area contributed by atoms with Gasteiger partial charge in [-0.25, -0.2) is 9.59 Å². The molecule has 0 atom stereocenters. The van der Waals surface area contributed by atoms with Crippen LogP contribution in [-0.4, -0.2) is 95.2 Å². The lowest BCUT2D eigenvalue weighted by Crippen LogP contribution is -2.08. The summed E-state index contributed by atoms with van der Waals surface area (Å²) in [6.07, 6.45) is 0. The summed E-state index contributed by atoms with van der Waals surface area (Å²) in [5.41, 5.74) is 3.27. The smallest absolute Gasteiger partial charge is 0.338 e. The number of esters is 2. The van der Waals surface area contributed by atoms with E-state index in [4.69, 9.17) is 47.4 Å². The summed E-state index contributed by atoms with van der Waals surface area (Å²) in [4.78, 5) is 26.4. The fourth-order valence-corrected chi connectivity index (χ4v) is 6.01. The maximum absolute atomic E-state index is 12.5. The number of carbonyl (C=O) groups excluding carboxylic acids is 2. The molecule has 0 saturated carbocycles.